The molecule has 2 atom stereocenters. The van der Waals surface area contributed by atoms with Crippen molar-refractivity contribution in [3.63, 3.8) is 0 Å². The lowest BCUT2D eigenvalue weighted by molar-refractivity contribution is -0.146. The van der Waals surface area contributed by atoms with Crippen LogP contribution in [0.15, 0.2) is 18.2 Å². The van der Waals surface area contributed by atoms with Gasteiger partial charge in [0.05, 0.1) is 5.60 Å². The highest BCUT2D eigenvalue weighted by atomic mass is 35.5. The minimum atomic E-state index is -0.338. The Balaban J connectivity index is 1.81. The summed E-state index contributed by atoms with van der Waals surface area (Å²) >= 11 is 6.11. The molecule has 104 valence electrons. The van der Waals surface area contributed by atoms with Crippen LogP contribution >= 0.6 is 11.6 Å². The first-order valence-corrected chi connectivity index (χ1v) is 7.33. The molecule has 1 heterocycles. The SMILES string of the molecule is NC(c1c(F)cccc1Cl)C1CCOC2(CCC2)C1. The molecule has 0 radical (unpaired) electrons. The Hall–Kier alpha value is -0.640. The second-order valence-corrected chi connectivity index (χ2v) is 6.21. The Bertz CT molecular complexity index is 455. The van der Waals surface area contributed by atoms with Crippen molar-refractivity contribution in [2.24, 2.45) is 11.7 Å². The minimum absolute atomic E-state index is 0.0261. The molecule has 2 fully saturated rings. The van der Waals surface area contributed by atoms with Crippen LogP contribution in [-0.4, -0.2) is 12.2 Å². The lowest BCUT2D eigenvalue weighted by atomic mass is 9.70. The van der Waals surface area contributed by atoms with Gasteiger partial charge in [0.2, 0.25) is 0 Å². The van der Waals surface area contributed by atoms with E-state index in [0.29, 0.717) is 10.6 Å². The molecule has 0 aromatic heterocycles. The lowest BCUT2D eigenvalue weighted by Gasteiger charge is -2.48. The molecule has 0 bridgehead atoms. The highest BCUT2D eigenvalue weighted by Crippen LogP contribution is 2.47. The molecule has 2 N–H and O–H groups in total. The molecule has 1 saturated carbocycles. The molecule has 2 nitrogen and oxygen atoms in total. The van der Waals surface area contributed by atoms with Crippen molar-refractivity contribution >= 4 is 11.6 Å². The smallest absolute Gasteiger partial charge is 0.129 e. The van der Waals surface area contributed by atoms with Crippen LogP contribution < -0.4 is 5.73 Å². The van der Waals surface area contributed by atoms with E-state index in [4.69, 9.17) is 22.1 Å². The molecule has 1 aromatic rings. The second kappa shape index (κ2) is 5.04. The third-order valence-corrected chi connectivity index (χ3v) is 4.97. The van der Waals surface area contributed by atoms with Gasteiger partial charge in [-0.1, -0.05) is 17.7 Å². The van der Waals surface area contributed by atoms with Gasteiger partial charge in [0.25, 0.3) is 0 Å². The quantitative estimate of drug-likeness (QED) is 0.895. The van der Waals surface area contributed by atoms with Gasteiger partial charge in [-0.15, -0.1) is 0 Å². The number of hydrogen-bond acceptors (Lipinski definition) is 2. The zero-order valence-corrected chi connectivity index (χ0v) is 11.6. The van der Waals surface area contributed by atoms with Crippen molar-refractivity contribution in [1.82, 2.24) is 0 Å². The van der Waals surface area contributed by atoms with Crippen LogP contribution in [-0.2, 0) is 4.74 Å². The average molecular weight is 284 g/mol. The van der Waals surface area contributed by atoms with Crippen molar-refractivity contribution in [3.05, 3.63) is 34.6 Å². The Morgan fingerprint density at radius 3 is 2.84 bits per heavy atom. The van der Waals surface area contributed by atoms with Gasteiger partial charge in [0.1, 0.15) is 5.82 Å². The van der Waals surface area contributed by atoms with Gasteiger partial charge in [-0.3, -0.25) is 0 Å². The summed E-state index contributed by atoms with van der Waals surface area (Å²) in [5, 5.41) is 0.432. The summed E-state index contributed by atoms with van der Waals surface area (Å²) in [6.45, 7) is 0.727. The fourth-order valence-electron chi connectivity index (χ4n) is 3.36. The summed E-state index contributed by atoms with van der Waals surface area (Å²) in [5.41, 5.74) is 6.78. The molecule has 19 heavy (non-hydrogen) atoms. The van der Waals surface area contributed by atoms with Crippen LogP contribution in [0.1, 0.15) is 43.7 Å². The van der Waals surface area contributed by atoms with E-state index in [1.807, 2.05) is 0 Å². The summed E-state index contributed by atoms with van der Waals surface area (Å²) < 4.78 is 19.8. The summed E-state index contributed by atoms with van der Waals surface area (Å²) in [6, 6.07) is 4.42. The van der Waals surface area contributed by atoms with Crippen LogP contribution in [0.5, 0.6) is 0 Å². The molecule has 1 aliphatic carbocycles. The van der Waals surface area contributed by atoms with Crippen molar-refractivity contribution in [2.75, 3.05) is 6.61 Å². The van der Waals surface area contributed by atoms with Gasteiger partial charge in [-0.05, 0) is 50.2 Å². The molecular weight excluding hydrogens is 265 g/mol. The van der Waals surface area contributed by atoms with Crippen LogP contribution in [0, 0.1) is 11.7 Å². The van der Waals surface area contributed by atoms with Crippen molar-refractivity contribution in [3.8, 4) is 0 Å². The molecule has 2 aliphatic rings. The monoisotopic (exact) mass is 283 g/mol. The largest absolute Gasteiger partial charge is 0.375 e. The van der Waals surface area contributed by atoms with Gasteiger partial charge in [-0.2, -0.15) is 0 Å². The van der Waals surface area contributed by atoms with Crippen LogP contribution in [0.4, 0.5) is 4.39 Å². The minimum Gasteiger partial charge on any atom is -0.375 e. The van der Waals surface area contributed by atoms with Gasteiger partial charge in [0, 0.05) is 23.2 Å². The van der Waals surface area contributed by atoms with E-state index < -0.39 is 0 Å². The Labute approximate surface area is 118 Å². The van der Waals surface area contributed by atoms with E-state index >= 15 is 0 Å². The average Bonchev–Trinajstić information content (AvgIpc) is 2.37. The van der Waals surface area contributed by atoms with Gasteiger partial charge in [0.15, 0.2) is 0 Å². The number of halogens is 2. The van der Waals surface area contributed by atoms with E-state index in [1.165, 1.54) is 12.5 Å². The Kier molecular flexibility index (Phi) is 3.54. The molecule has 1 aromatic carbocycles. The van der Waals surface area contributed by atoms with Crippen LogP contribution in [0.3, 0.4) is 0 Å². The zero-order chi connectivity index (χ0) is 13.5. The molecule has 0 amide bonds. The van der Waals surface area contributed by atoms with Gasteiger partial charge in [-0.25, -0.2) is 4.39 Å². The van der Waals surface area contributed by atoms with Crippen LogP contribution in [0.2, 0.25) is 5.02 Å². The molecular formula is C15H19ClFNO. The number of rotatable bonds is 2. The molecule has 3 rings (SSSR count). The topological polar surface area (TPSA) is 35.2 Å². The maximum atomic E-state index is 13.9. The highest BCUT2D eigenvalue weighted by molar-refractivity contribution is 6.31. The van der Waals surface area contributed by atoms with Crippen LogP contribution in [0.25, 0.3) is 0 Å². The molecule has 4 heteroatoms. The van der Waals surface area contributed by atoms with Crippen molar-refractivity contribution < 1.29 is 9.13 Å². The maximum absolute atomic E-state index is 13.9. The van der Waals surface area contributed by atoms with E-state index in [0.717, 1.165) is 32.3 Å². The van der Waals surface area contributed by atoms with E-state index in [-0.39, 0.29) is 23.4 Å². The van der Waals surface area contributed by atoms with Gasteiger partial charge < -0.3 is 10.5 Å². The molecule has 1 saturated heterocycles. The summed E-state index contributed by atoms with van der Waals surface area (Å²) in [5.74, 6) is -0.0439. The van der Waals surface area contributed by atoms with E-state index in [2.05, 4.69) is 0 Å². The Morgan fingerprint density at radius 2 is 2.21 bits per heavy atom. The third-order valence-electron chi connectivity index (χ3n) is 4.64. The number of hydrogen-bond donors (Lipinski definition) is 1. The molecule has 1 aliphatic heterocycles. The summed E-state index contributed by atoms with van der Waals surface area (Å²) in [7, 11) is 0. The first kappa shape index (κ1) is 13.3. The number of benzene rings is 1. The fraction of sp³-hybridized carbons (Fsp3) is 0.600. The standard InChI is InChI=1S/C15H19ClFNO/c16-11-3-1-4-12(17)13(11)14(18)10-5-8-19-15(9-10)6-2-7-15/h1,3-4,10,14H,2,5-9,18H2. The van der Waals surface area contributed by atoms with Crippen molar-refractivity contribution in [2.45, 2.75) is 43.7 Å². The number of ether oxygens (including phenoxy) is 1. The number of nitrogens with two attached hydrogens (primary N) is 1. The maximum Gasteiger partial charge on any atom is 0.129 e. The predicted molar refractivity (Wildman–Crippen MR) is 73.6 cm³/mol. The normalized spacial score (nSPS) is 27.0. The fourth-order valence-corrected chi connectivity index (χ4v) is 3.65. The highest BCUT2D eigenvalue weighted by Gasteiger charge is 2.44. The molecule has 2 unspecified atom stereocenters. The summed E-state index contributed by atoms with van der Waals surface area (Å²) in [4.78, 5) is 0. The second-order valence-electron chi connectivity index (χ2n) is 5.80. The summed E-state index contributed by atoms with van der Waals surface area (Å²) in [6.07, 6.45) is 5.26. The van der Waals surface area contributed by atoms with Gasteiger partial charge >= 0.3 is 0 Å². The molecule has 1 spiro atoms. The third kappa shape index (κ3) is 2.39. The Morgan fingerprint density at radius 1 is 1.42 bits per heavy atom. The zero-order valence-electron chi connectivity index (χ0n) is 10.9. The first-order chi connectivity index (χ1) is 9.11. The van der Waals surface area contributed by atoms with Crippen molar-refractivity contribution in [1.29, 1.82) is 0 Å². The van der Waals surface area contributed by atoms with E-state index in [1.54, 1.807) is 12.1 Å². The van der Waals surface area contributed by atoms with E-state index in [9.17, 15) is 4.39 Å². The first-order valence-electron chi connectivity index (χ1n) is 6.95. The predicted octanol–water partition coefficient (Wildman–Crippen LogP) is 3.83. The lowest BCUT2D eigenvalue weighted by Crippen LogP contribution is -2.47.